The van der Waals surface area contributed by atoms with Crippen molar-refractivity contribution in [1.29, 1.82) is 0 Å². The summed E-state index contributed by atoms with van der Waals surface area (Å²) >= 11 is 1.99. The van der Waals surface area contributed by atoms with Gasteiger partial charge >= 0.3 is 0 Å². The van der Waals surface area contributed by atoms with Crippen molar-refractivity contribution in [3.63, 3.8) is 0 Å². The average molecular weight is 297 g/mol. The Balaban J connectivity index is 2.13. The molecule has 1 aromatic carbocycles. The molecule has 0 radical (unpaired) electrons. The number of thioether (sulfide) groups is 1. The van der Waals surface area contributed by atoms with Crippen molar-refractivity contribution in [3.8, 4) is 0 Å². The summed E-state index contributed by atoms with van der Waals surface area (Å²) in [5.41, 5.74) is 6.23. The molecule has 0 amide bonds. The van der Waals surface area contributed by atoms with Crippen molar-refractivity contribution >= 4 is 17.6 Å². The summed E-state index contributed by atoms with van der Waals surface area (Å²) in [6.45, 7) is 4.69. The second-order valence-corrected chi connectivity index (χ2v) is 6.31. The Morgan fingerprint density at radius 3 is 3.10 bits per heavy atom. The van der Waals surface area contributed by atoms with E-state index in [-0.39, 0.29) is 11.4 Å². The quantitative estimate of drug-likeness (QED) is 0.387. The van der Waals surface area contributed by atoms with Gasteiger partial charge in [0, 0.05) is 36.2 Å². The number of nitrogens with two attached hydrogens (primary N) is 1. The maximum absolute atomic E-state index is 14.3. The van der Waals surface area contributed by atoms with Gasteiger partial charge in [-0.05, 0) is 12.5 Å². The molecule has 1 fully saturated rings. The standard InChI is InChI=1S/C14H20FN3OS/c1-2-11-9-18(6-7-20-11)8-10-4-3-5-12(13(10)15)14(16)17-19/h3-5,11,19H,2,6-9H2,1H3,(H2,16,17). The zero-order valence-electron chi connectivity index (χ0n) is 11.6. The summed E-state index contributed by atoms with van der Waals surface area (Å²) in [7, 11) is 0. The number of benzene rings is 1. The number of oxime groups is 1. The second-order valence-electron chi connectivity index (χ2n) is 4.90. The van der Waals surface area contributed by atoms with E-state index in [1.54, 1.807) is 12.1 Å². The lowest BCUT2D eigenvalue weighted by Gasteiger charge is -2.32. The second kappa shape index (κ2) is 6.95. The summed E-state index contributed by atoms with van der Waals surface area (Å²) in [5, 5.41) is 12.2. The number of hydrogen-bond donors (Lipinski definition) is 2. The third-order valence-electron chi connectivity index (χ3n) is 3.53. The van der Waals surface area contributed by atoms with Gasteiger partial charge < -0.3 is 10.9 Å². The SMILES string of the molecule is CCC1CN(Cc2cccc(/C(N)=N/O)c2F)CCS1. The highest BCUT2D eigenvalue weighted by Crippen LogP contribution is 2.23. The Morgan fingerprint density at radius 2 is 2.40 bits per heavy atom. The van der Waals surface area contributed by atoms with Gasteiger partial charge in [-0.15, -0.1) is 0 Å². The first kappa shape index (κ1) is 15.1. The Hall–Kier alpha value is -1.27. The van der Waals surface area contributed by atoms with E-state index < -0.39 is 5.82 Å². The first-order valence-corrected chi connectivity index (χ1v) is 7.79. The van der Waals surface area contributed by atoms with E-state index in [1.165, 1.54) is 6.07 Å². The predicted octanol–water partition coefficient (Wildman–Crippen LogP) is 2.25. The van der Waals surface area contributed by atoms with E-state index >= 15 is 0 Å². The number of amidine groups is 1. The van der Waals surface area contributed by atoms with Crippen molar-refractivity contribution < 1.29 is 9.60 Å². The van der Waals surface area contributed by atoms with Crippen LogP contribution in [0.3, 0.4) is 0 Å². The fourth-order valence-corrected chi connectivity index (χ4v) is 3.61. The molecule has 1 heterocycles. The highest BCUT2D eigenvalue weighted by Gasteiger charge is 2.20. The third-order valence-corrected chi connectivity index (χ3v) is 4.91. The number of nitrogens with zero attached hydrogens (tertiary/aromatic N) is 2. The Labute approximate surface area is 122 Å². The van der Waals surface area contributed by atoms with Gasteiger partial charge in [0.15, 0.2) is 5.84 Å². The molecular formula is C14H20FN3OS. The number of halogens is 1. The summed E-state index contributed by atoms with van der Waals surface area (Å²) in [6.07, 6.45) is 1.13. The van der Waals surface area contributed by atoms with E-state index in [4.69, 9.17) is 10.9 Å². The van der Waals surface area contributed by atoms with Gasteiger partial charge in [-0.2, -0.15) is 11.8 Å². The molecule has 0 aromatic heterocycles. The van der Waals surface area contributed by atoms with Gasteiger partial charge in [-0.3, -0.25) is 4.90 Å². The molecule has 1 atom stereocenters. The van der Waals surface area contributed by atoms with Crippen LogP contribution in [0.25, 0.3) is 0 Å². The van der Waals surface area contributed by atoms with E-state index in [0.717, 1.165) is 25.3 Å². The van der Waals surface area contributed by atoms with Crippen molar-refractivity contribution in [1.82, 2.24) is 4.90 Å². The highest BCUT2D eigenvalue weighted by molar-refractivity contribution is 8.00. The Morgan fingerprint density at radius 1 is 1.60 bits per heavy atom. The van der Waals surface area contributed by atoms with Gasteiger partial charge in [-0.25, -0.2) is 4.39 Å². The lowest BCUT2D eigenvalue weighted by molar-refractivity contribution is 0.269. The fraction of sp³-hybridized carbons (Fsp3) is 0.500. The topological polar surface area (TPSA) is 61.8 Å². The minimum atomic E-state index is -0.394. The average Bonchev–Trinajstić information content (AvgIpc) is 2.49. The van der Waals surface area contributed by atoms with Crippen LogP contribution in [0.2, 0.25) is 0 Å². The van der Waals surface area contributed by atoms with Gasteiger partial charge in [0.1, 0.15) is 5.82 Å². The molecule has 1 aliphatic rings. The van der Waals surface area contributed by atoms with Crippen LogP contribution in [0.15, 0.2) is 23.4 Å². The van der Waals surface area contributed by atoms with Crippen LogP contribution < -0.4 is 5.73 Å². The molecule has 1 saturated heterocycles. The molecule has 1 unspecified atom stereocenters. The molecule has 6 heteroatoms. The minimum Gasteiger partial charge on any atom is -0.409 e. The van der Waals surface area contributed by atoms with Crippen LogP contribution in [-0.4, -0.2) is 40.0 Å². The Bertz CT molecular complexity index is 495. The summed E-state index contributed by atoms with van der Waals surface area (Å²) < 4.78 is 14.3. The predicted molar refractivity (Wildman–Crippen MR) is 80.7 cm³/mol. The molecule has 110 valence electrons. The van der Waals surface area contributed by atoms with Crippen LogP contribution in [0.4, 0.5) is 4.39 Å². The molecule has 1 aliphatic heterocycles. The van der Waals surface area contributed by atoms with Gasteiger partial charge in [0.2, 0.25) is 0 Å². The zero-order valence-corrected chi connectivity index (χ0v) is 12.4. The highest BCUT2D eigenvalue weighted by atomic mass is 32.2. The van der Waals surface area contributed by atoms with Crippen molar-refractivity contribution in [2.75, 3.05) is 18.8 Å². The smallest absolute Gasteiger partial charge is 0.173 e. The van der Waals surface area contributed by atoms with Crippen LogP contribution in [0.1, 0.15) is 24.5 Å². The molecular weight excluding hydrogens is 277 g/mol. The van der Waals surface area contributed by atoms with Crippen LogP contribution in [-0.2, 0) is 6.54 Å². The van der Waals surface area contributed by atoms with Crippen LogP contribution >= 0.6 is 11.8 Å². The van der Waals surface area contributed by atoms with Gasteiger partial charge in [0.25, 0.3) is 0 Å². The molecule has 20 heavy (non-hydrogen) atoms. The third kappa shape index (κ3) is 3.43. The van der Waals surface area contributed by atoms with Crippen LogP contribution in [0.5, 0.6) is 0 Å². The Kier molecular flexibility index (Phi) is 5.25. The van der Waals surface area contributed by atoms with Crippen LogP contribution in [0, 0.1) is 5.82 Å². The maximum Gasteiger partial charge on any atom is 0.173 e. The normalized spacial score (nSPS) is 21.1. The minimum absolute atomic E-state index is 0.156. The molecule has 1 aromatic rings. The molecule has 0 saturated carbocycles. The molecule has 2 rings (SSSR count). The van der Waals surface area contributed by atoms with E-state index in [0.29, 0.717) is 17.4 Å². The fourth-order valence-electron chi connectivity index (χ4n) is 2.37. The number of hydrogen-bond acceptors (Lipinski definition) is 4. The zero-order chi connectivity index (χ0) is 14.5. The molecule has 0 bridgehead atoms. The maximum atomic E-state index is 14.3. The first-order chi connectivity index (χ1) is 9.65. The summed E-state index contributed by atoms with van der Waals surface area (Å²) in [6, 6.07) is 5.02. The molecule has 4 nitrogen and oxygen atoms in total. The van der Waals surface area contributed by atoms with E-state index in [2.05, 4.69) is 17.0 Å². The lowest BCUT2D eigenvalue weighted by atomic mass is 10.1. The van der Waals surface area contributed by atoms with Crippen molar-refractivity contribution in [2.45, 2.75) is 25.1 Å². The van der Waals surface area contributed by atoms with E-state index in [9.17, 15) is 4.39 Å². The largest absolute Gasteiger partial charge is 0.409 e. The monoisotopic (exact) mass is 297 g/mol. The number of rotatable bonds is 4. The van der Waals surface area contributed by atoms with Gasteiger partial charge in [0.05, 0.1) is 5.56 Å². The van der Waals surface area contributed by atoms with Crippen molar-refractivity contribution in [3.05, 3.63) is 35.1 Å². The first-order valence-electron chi connectivity index (χ1n) is 6.75. The summed E-state index contributed by atoms with van der Waals surface area (Å²) in [4.78, 5) is 2.26. The molecule has 0 spiro atoms. The summed E-state index contributed by atoms with van der Waals surface area (Å²) in [5.74, 6) is 0.499. The molecule has 3 N–H and O–H groups in total. The molecule has 0 aliphatic carbocycles. The van der Waals surface area contributed by atoms with Crippen molar-refractivity contribution in [2.24, 2.45) is 10.9 Å². The van der Waals surface area contributed by atoms with Gasteiger partial charge in [-0.1, -0.05) is 24.2 Å². The lowest BCUT2D eigenvalue weighted by Crippen LogP contribution is -2.37. The van der Waals surface area contributed by atoms with E-state index in [1.807, 2.05) is 11.8 Å².